The van der Waals surface area contributed by atoms with Crippen LogP contribution in [-0.2, 0) is 0 Å². The van der Waals surface area contributed by atoms with Crippen LogP contribution in [0.3, 0.4) is 0 Å². The Morgan fingerprint density at radius 1 is 0.659 bits per heavy atom. The van der Waals surface area contributed by atoms with Crippen LogP contribution < -0.4 is 0 Å². The van der Waals surface area contributed by atoms with E-state index in [0.717, 1.165) is 11.0 Å². The molecule has 8 aromatic rings. The fourth-order valence-electron chi connectivity index (χ4n) is 5.35. The third-order valence-electron chi connectivity index (χ3n) is 6.97. The van der Waals surface area contributed by atoms with E-state index in [9.17, 15) is 0 Å². The highest BCUT2D eigenvalue weighted by Crippen LogP contribution is 2.43. The molecular weight excluding hydrogens is 537 g/mol. The van der Waals surface area contributed by atoms with Crippen molar-refractivity contribution in [2.24, 2.45) is 0 Å². The minimum atomic E-state index is 1.06. The molecule has 0 fully saturated rings. The van der Waals surface area contributed by atoms with E-state index in [1.807, 2.05) is 60.9 Å². The molecule has 0 saturated heterocycles. The lowest BCUT2D eigenvalue weighted by Gasteiger charge is -2.09. The monoisotopic (exact) mass is 566 g/mol. The Balaban J connectivity index is 0.000000339. The van der Waals surface area contributed by atoms with Crippen LogP contribution in [-0.4, -0.2) is 9.55 Å². The second-order valence-corrected chi connectivity index (χ2v) is 11.7. The number of allylic oxidation sites excluding steroid dienone is 4. The average molecular weight is 567 g/mol. The van der Waals surface area contributed by atoms with E-state index in [-0.39, 0.29) is 0 Å². The smallest absolute Gasteiger partial charge is 0.0963 e. The van der Waals surface area contributed by atoms with Gasteiger partial charge in [0.25, 0.3) is 0 Å². The van der Waals surface area contributed by atoms with E-state index in [1.165, 1.54) is 56.9 Å². The number of rotatable bonds is 2. The molecule has 2 nitrogen and oxygen atoms in total. The van der Waals surface area contributed by atoms with Crippen molar-refractivity contribution in [3.63, 3.8) is 0 Å². The van der Waals surface area contributed by atoms with Gasteiger partial charge in [-0.25, -0.2) is 0 Å². The molecule has 8 rings (SSSR count). The van der Waals surface area contributed by atoms with Gasteiger partial charge in [-0.05, 0) is 56.3 Å². The van der Waals surface area contributed by atoms with E-state index in [1.54, 1.807) is 12.2 Å². The zero-order chi connectivity index (χ0) is 28.3. The Hall–Kier alpha value is -4.51. The SMILES string of the molecule is C=C/C=C\C.C=CC.c1ccc2c(c1)sc1cc3c(cc12)c1ncccc1n3-c1cccc2c1sc1ccccc12. The minimum absolute atomic E-state index is 1.06. The molecule has 0 N–H and O–H groups in total. The maximum atomic E-state index is 4.84. The summed E-state index contributed by atoms with van der Waals surface area (Å²) in [4.78, 5) is 4.84. The summed E-state index contributed by atoms with van der Waals surface area (Å²) < 4.78 is 7.70. The van der Waals surface area contributed by atoms with Gasteiger partial charge in [-0.15, -0.1) is 29.3 Å². The average Bonchev–Trinajstić information content (AvgIpc) is 3.66. The predicted molar refractivity (Wildman–Crippen MR) is 185 cm³/mol. The lowest BCUT2D eigenvalue weighted by molar-refractivity contribution is 1.20. The molecule has 0 spiro atoms. The molecule has 0 aliphatic rings. The van der Waals surface area contributed by atoms with Crippen molar-refractivity contribution in [3.05, 3.63) is 135 Å². The quantitative estimate of drug-likeness (QED) is 0.150. The molecule has 0 saturated carbocycles. The van der Waals surface area contributed by atoms with Gasteiger partial charge < -0.3 is 4.57 Å². The van der Waals surface area contributed by atoms with Crippen molar-refractivity contribution in [1.29, 1.82) is 0 Å². The number of benzene rings is 4. The number of nitrogens with zero attached hydrogens (tertiary/aromatic N) is 2. The molecule has 0 aliphatic heterocycles. The van der Waals surface area contributed by atoms with Crippen LogP contribution in [0.5, 0.6) is 0 Å². The van der Waals surface area contributed by atoms with Crippen LogP contribution in [0.2, 0.25) is 0 Å². The van der Waals surface area contributed by atoms with Gasteiger partial charge in [0.1, 0.15) is 0 Å². The van der Waals surface area contributed by atoms with Crippen LogP contribution in [0.4, 0.5) is 0 Å². The van der Waals surface area contributed by atoms with Crippen LogP contribution in [0, 0.1) is 0 Å². The number of aromatic nitrogens is 2. The third kappa shape index (κ3) is 4.65. The van der Waals surface area contributed by atoms with E-state index in [0.29, 0.717) is 0 Å². The van der Waals surface area contributed by atoms with E-state index in [4.69, 9.17) is 4.98 Å². The van der Waals surface area contributed by atoms with Crippen LogP contribution in [0.1, 0.15) is 13.8 Å². The number of fused-ring (bicyclic) bond motifs is 9. The molecule has 0 unspecified atom stereocenters. The highest BCUT2D eigenvalue weighted by atomic mass is 32.1. The Kier molecular flexibility index (Phi) is 7.51. The van der Waals surface area contributed by atoms with Crippen molar-refractivity contribution in [1.82, 2.24) is 9.55 Å². The standard InChI is InChI=1S/C29H16N2S2.C5H8.C3H6/c1-4-13-26-17(7-1)19-9-5-10-23(29(19)33-26)31-22-11-6-14-30-28(22)21-15-20-18-8-2-3-12-25(18)32-27(20)16-24(21)31;1-3-5-4-2;1-3-2/h1-16H;3-5H,1H2,2H3;3H,1H2,2H3/b;5-4-;. The molecule has 0 bridgehead atoms. The van der Waals surface area contributed by atoms with Crippen LogP contribution in [0.25, 0.3) is 68.0 Å². The van der Waals surface area contributed by atoms with Gasteiger partial charge in [-0.2, -0.15) is 0 Å². The lowest BCUT2D eigenvalue weighted by atomic mass is 10.1. The van der Waals surface area contributed by atoms with Crippen molar-refractivity contribution < 1.29 is 0 Å². The minimum Gasteiger partial charge on any atom is -0.306 e. The number of pyridine rings is 1. The summed E-state index contributed by atoms with van der Waals surface area (Å²) in [5, 5.41) is 6.48. The maximum absolute atomic E-state index is 4.84. The first-order valence-corrected chi connectivity index (χ1v) is 15.2. The fraction of sp³-hybridized carbons (Fsp3) is 0.0541. The molecule has 4 heterocycles. The Morgan fingerprint density at radius 2 is 1.34 bits per heavy atom. The Morgan fingerprint density at radius 3 is 2.05 bits per heavy atom. The summed E-state index contributed by atoms with van der Waals surface area (Å²) >= 11 is 3.74. The molecule has 4 heteroatoms. The number of hydrogen-bond donors (Lipinski definition) is 0. The Bertz CT molecular complexity index is 2220. The highest BCUT2D eigenvalue weighted by molar-refractivity contribution is 7.26. The molecule has 0 amide bonds. The van der Waals surface area contributed by atoms with E-state index < -0.39 is 0 Å². The Labute approximate surface area is 247 Å². The largest absolute Gasteiger partial charge is 0.306 e. The first kappa shape index (κ1) is 26.7. The summed E-state index contributed by atoms with van der Waals surface area (Å²) in [6.07, 6.45) is 9.23. The van der Waals surface area contributed by atoms with Gasteiger partial charge in [-0.3, -0.25) is 4.98 Å². The summed E-state index contributed by atoms with van der Waals surface area (Å²) in [5.41, 5.74) is 4.65. The van der Waals surface area contributed by atoms with Crippen molar-refractivity contribution in [3.8, 4) is 5.69 Å². The van der Waals surface area contributed by atoms with Gasteiger partial charge >= 0.3 is 0 Å². The molecule has 0 atom stereocenters. The summed E-state index contributed by atoms with van der Waals surface area (Å²) in [5.74, 6) is 0. The van der Waals surface area contributed by atoms with Gasteiger partial charge in [0.15, 0.2) is 0 Å². The molecule has 4 aromatic heterocycles. The van der Waals surface area contributed by atoms with Crippen molar-refractivity contribution in [2.45, 2.75) is 13.8 Å². The van der Waals surface area contributed by atoms with Crippen molar-refractivity contribution in [2.75, 3.05) is 0 Å². The van der Waals surface area contributed by atoms with E-state index in [2.05, 4.69) is 103 Å². The zero-order valence-corrected chi connectivity index (χ0v) is 24.8. The zero-order valence-electron chi connectivity index (χ0n) is 23.2. The second-order valence-electron chi connectivity index (χ2n) is 9.59. The maximum Gasteiger partial charge on any atom is 0.0963 e. The van der Waals surface area contributed by atoms with Crippen LogP contribution >= 0.6 is 22.7 Å². The highest BCUT2D eigenvalue weighted by Gasteiger charge is 2.18. The second kappa shape index (κ2) is 11.5. The first-order chi connectivity index (χ1) is 20.2. The van der Waals surface area contributed by atoms with Crippen molar-refractivity contribution >= 4 is 85.0 Å². The predicted octanol–water partition coefficient (Wildman–Crippen LogP) is 11.9. The summed E-state index contributed by atoms with van der Waals surface area (Å²) in [6.45, 7) is 10.7. The van der Waals surface area contributed by atoms with E-state index >= 15 is 0 Å². The summed E-state index contributed by atoms with van der Waals surface area (Å²) in [6, 6.07) is 33.0. The third-order valence-corrected chi connectivity index (χ3v) is 9.31. The summed E-state index contributed by atoms with van der Waals surface area (Å²) in [7, 11) is 0. The topological polar surface area (TPSA) is 17.8 Å². The van der Waals surface area contributed by atoms with Gasteiger partial charge in [0.05, 0.1) is 26.9 Å². The van der Waals surface area contributed by atoms with Gasteiger partial charge in [0, 0.05) is 47.2 Å². The lowest BCUT2D eigenvalue weighted by Crippen LogP contribution is -1.93. The number of thiophene rings is 2. The molecule has 4 aromatic carbocycles. The molecule has 0 aliphatic carbocycles. The van der Waals surface area contributed by atoms with Gasteiger partial charge in [-0.1, -0.05) is 79.4 Å². The normalized spacial score (nSPS) is 11.3. The fourth-order valence-corrected chi connectivity index (χ4v) is 7.68. The number of hydrogen-bond acceptors (Lipinski definition) is 3. The molecule has 41 heavy (non-hydrogen) atoms. The molecule has 200 valence electrons. The molecule has 0 radical (unpaired) electrons. The first-order valence-electron chi connectivity index (χ1n) is 13.6. The van der Waals surface area contributed by atoms with Gasteiger partial charge in [0.2, 0.25) is 0 Å². The molecular formula is C37H30N2S2. The van der Waals surface area contributed by atoms with Crippen LogP contribution in [0.15, 0.2) is 135 Å².